The quantitative estimate of drug-likeness (QED) is 0.750. The van der Waals surface area contributed by atoms with Crippen LogP contribution in [0.5, 0.6) is 5.75 Å². The number of hydrogen-bond acceptors (Lipinski definition) is 5. The van der Waals surface area contributed by atoms with Crippen molar-refractivity contribution in [2.24, 2.45) is 0 Å². The highest BCUT2D eigenvalue weighted by Crippen LogP contribution is 2.24. The van der Waals surface area contributed by atoms with E-state index in [-0.39, 0.29) is 0 Å². The van der Waals surface area contributed by atoms with E-state index in [2.05, 4.69) is 15.3 Å². The van der Waals surface area contributed by atoms with Crippen LogP contribution in [0.15, 0.2) is 48.8 Å². The average molecular weight is 330 g/mol. The summed E-state index contributed by atoms with van der Waals surface area (Å²) >= 11 is 5.97. The van der Waals surface area contributed by atoms with E-state index in [9.17, 15) is 5.11 Å². The van der Waals surface area contributed by atoms with Crippen LogP contribution in [0.4, 0.5) is 5.82 Å². The minimum Gasteiger partial charge on any atom is -0.497 e. The smallest absolute Gasteiger partial charge is 0.137 e. The van der Waals surface area contributed by atoms with E-state index in [1.807, 2.05) is 30.3 Å². The van der Waals surface area contributed by atoms with Gasteiger partial charge in [-0.15, -0.1) is 0 Å². The maximum Gasteiger partial charge on any atom is 0.137 e. The molecule has 0 aliphatic rings. The van der Waals surface area contributed by atoms with Crippen LogP contribution < -0.4 is 10.1 Å². The summed E-state index contributed by atoms with van der Waals surface area (Å²) in [4.78, 5) is 8.43. The third-order valence-corrected chi connectivity index (χ3v) is 3.78. The highest BCUT2D eigenvalue weighted by molar-refractivity contribution is 6.31. The number of fused-ring (bicyclic) bond motifs is 1. The van der Waals surface area contributed by atoms with E-state index >= 15 is 0 Å². The number of anilines is 1. The molecule has 1 unspecified atom stereocenters. The first-order valence-corrected chi connectivity index (χ1v) is 7.51. The van der Waals surface area contributed by atoms with Crippen molar-refractivity contribution in [3.05, 3.63) is 59.4 Å². The van der Waals surface area contributed by atoms with Gasteiger partial charge in [0.1, 0.15) is 17.9 Å². The third kappa shape index (κ3) is 3.52. The highest BCUT2D eigenvalue weighted by Gasteiger charge is 2.10. The van der Waals surface area contributed by atoms with Gasteiger partial charge in [0.05, 0.1) is 18.7 Å². The predicted molar refractivity (Wildman–Crippen MR) is 91.0 cm³/mol. The monoisotopic (exact) mass is 329 g/mol. The van der Waals surface area contributed by atoms with Crippen molar-refractivity contribution in [2.45, 2.75) is 6.10 Å². The van der Waals surface area contributed by atoms with Gasteiger partial charge in [0, 0.05) is 17.0 Å². The summed E-state index contributed by atoms with van der Waals surface area (Å²) in [6.07, 6.45) is 0.793. The number of hydrogen-bond donors (Lipinski definition) is 2. The van der Waals surface area contributed by atoms with E-state index in [0.29, 0.717) is 23.1 Å². The van der Waals surface area contributed by atoms with Crippen molar-refractivity contribution < 1.29 is 9.84 Å². The Balaban J connectivity index is 1.77. The third-order valence-electron chi connectivity index (χ3n) is 3.54. The van der Waals surface area contributed by atoms with E-state index in [1.165, 1.54) is 6.33 Å². The van der Waals surface area contributed by atoms with E-state index in [0.717, 1.165) is 16.5 Å². The first-order valence-electron chi connectivity index (χ1n) is 7.13. The summed E-state index contributed by atoms with van der Waals surface area (Å²) in [5.41, 5.74) is 1.53. The Labute approximate surface area is 138 Å². The summed E-state index contributed by atoms with van der Waals surface area (Å²) in [6, 6.07) is 12.8. The van der Waals surface area contributed by atoms with Crippen LogP contribution in [-0.2, 0) is 0 Å². The van der Waals surface area contributed by atoms with E-state index in [1.54, 1.807) is 19.2 Å². The number of rotatable bonds is 5. The SMILES string of the molecule is COc1cccc(C(O)CNc2ncnc3cc(Cl)ccc23)c1. The molecule has 23 heavy (non-hydrogen) atoms. The normalized spacial score (nSPS) is 12.1. The lowest BCUT2D eigenvalue weighted by Gasteiger charge is -2.14. The van der Waals surface area contributed by atoms with Gasteiger partial charge in [-0.2, -0.15) is 0 Å². The zero-order valence-electron chi connectivity index (χ0n) is 12.5. The molecule has 0 saturated carbocycles. The molecule has 1 heterocycles. The van der Waals surface area contributed by atoms with Crippen LogP contribution in [0.1, 0.15) is 11.7 Å². The van der Waals surface area contributed by atoms with Crippen LogP contribution in [0.25, 0.3) is 10.9 Å². The molecule has 0 spiro atoms. The molecule has 0 bridgehead atoms. The van der Waals surface area contributed by atoms with Crippen molar-refractivity contribution in [1.82, 2.24) is 9.97 Å². The topological polar surface area (TPSA) is 67.3 Å². The first-order chi connectivity index (χ1) is 11.2. The van der Waals surface area contributed by atoms with Gasteiger partial charge in [-0.25, -0.2) is 9.97 Å². The average Bonchev–Trinajstić information content (AvgIpc) is 2.59. The second-order valence-corrected chi connectivity index (χ2v) is 5.49. The lowest BCUT2D eigenvalue weighted by atomic mass is 10.1. The Morgan fingerprint density at radius 2 is 2.09 bits per heavy atom. The number of aliphatic hydroxyl groups is 1. The van der Waals surface area contributed by atoms with Gasteiger partial charge < -0.3 is 15.2 Å². The van der Waals surface area contributed by atoms with Crippen LogP contribution in [0.2, 0.25) is 5.02 Å². The molecule has 0 aliphatic heterocycles. The maximum atomic E-state index is 10.3. The predicted octanol–water partition coefficient (Wildman–Crippen LogP) is 3.44. The Hall–Kier alpha value is -2.37. The van der Waals surface area contributed by atoms with Crippen LogP contribution in [0, 0.1) is 0 Å². The second kappa shape index (κ2) is 6.81. The van der Waals surface area contributed by atoms with Crippen LogP contribution in [0.3, 0.4) is 0 Å². The molecular formula is C17H16ClN3O2. The van der Waals surface area contributed by atoms with Gasteiger partial charge in [-0.1, -0.05) is 23.7 Å². The standard InChI is InChI=1S/C17H16ClN3O2/c1-23-13-4-2-3-11(7-13)16(22)9-19-17-14-6-5-12(18)8-15(14)20-10-21-17/h2-8,10,16,22H,9H2,1H3,(H,19,20,21). The number of aromatic nitrogens is 2. The molecule has 2 aromatic carbocycles. The van der Waals surface area contributed by atoms with Crippen molar-refractivity contribution in [3.63, 3.8) is 0 Å². The Bertz CT molecular complexity index is 826. The van der Waals surface area contributed by atoms with Gasteiger partial charge in [0.15, 0.2) is 0 Å². The Morgan fingerprint density at radius 3 is 2.91 bits per heavy atom. The molecule has 1 atom stereocenters. The van der Waals surface area contributed by atoms with E-state index < -0.39 is 6.10 Å². The number of nitrogens with one attached hydrogen (secondary N) is 1. The van der Waals surface area contributed by atoms with Crippen LogP contribution >= 0.6 is 11.6 Å². The van der Waals surface area contributed by atoms with Crippen molar-refractivity contribution in [2.75, 3.05) is 19.0 Å². The van der Waals surface area contributed by atoms with Crippen molar-refractivity contribution >= 4 is 28.3 Å². The van der Waals surface area contributed by atoms with Crippen molar-refractivity contribution in [1.29, 1.82) is 0 Å². The van der Waals surface area contributed by atoms with Gasteiger partial charge in [-0.05, 0) is 35.9 Å². The summed E-state index contributed by atoms with van der Waals surface area (Å²) in [5, 5.41) is 15.0. The molecule has 2 N–H and O–H groups in total. The number of benzene rings is 2. The van der Waals surface area contributed by atoms with Gasteiger partial charge in [0.25, 0.3) is 0 Å². The minimum absolute atomic E-state index is 0.321. The number of aliphatic hydroxyl groups excluding tert-OH is 1. The number of halogens is 1. The Kier molecular flexibility index (Phi) is 4.60. The maximum absolute atomic E-state index is 10.3. The van der Waals surface area contributed by atoms with E-state index in [4.69, 9.17) is 16.3 Å². The molecule has 3 rings (SSSR count). The fourth-order valence-electron chi connectivity index (χ4n) is 2.33. The molecule has 0 aliphatic carbocycles. The summed E-state index contributed by atoms with van der Waals surface area (Å²) in [5.74, 6) is 1.37. The molecule has 118 valence electrons. The zero-order chi connectivity index (χ0) is 16.2. The molecule has 0 saturated heterocycles. The molecule has 1 aromatic heterocycles. The lowest BCUT2D eigenvalue weighted by Crippen LogP contribution is -2.13. The lowest BCUT2D eigenvalue weighted by molar-refractivity contribution is 0.191. The molecule has 3 aromatic rings. The van der Waals surface area contributed by atoms with Gasteiger partial charge >= 0.3 is 0 Å². The highest BCUT2D eigenvalue weighted by atomic mass is 35.5. The fraction of sp³-hybridized carbons (Fsp3) is 0.176. The molecule has 0 amide bonds. The number of ether oxygens (including phenoxy) is 1. The molecular weight excluding hydrogens is 314 g/mol. The summed E-state index contributed by atoms with van der Waals surface area (Å²) in [6.45, 7) is 0.321. The molecule has 6 heteroatoms. The van der Waals surface area contributed by atoms with Gasteiger partial charge in [0.2, 0.25) is 0 Å². The fourth-order valence-corrected chi connectivity index (χ4v) is 2.50. The second-order valence-electron chi connectivity index (χ2n) is 5.06. The molecule has 0 fully saturated rings. The largest absolute Gasteiger partial charge is 0.497 e. The van der Waals surface area contributed by atoms with Crippen molar-refractivity contribution in [3.8, 4) is 5.75 Å². The number of methoxy groups -OCH3 is 1. The zero-order valence-corrected chi connectivity index (χ0v) is 13.3. The summed E-state index contributed by atoms with van der Waals surface area (Å²) < 4.78 is 5.17. The molecule has 5 nitrogen and oxygen atoms in total. The Morgan fingerprint density at radius 1 is 1.22 bits per heavy atom. The van der Waals surface area contributed by atoms with Gasteiger partial charge in [-0.3, -0.25) is 0 Å². The minimum atomic E-state index is -0.678. The number of nitrogens with zero attached hydrogens (tertiary/aromatic N) is 2. The molecule has 0 radical (unpaired) electrons. The van der Waals surface area contributed by atoms with Crippen LogP contribution in [-0.4, -0.2) is 28.7 Å². The summed E-state index contributed by atoms with van der Waals surface area (Å²) in [7, 11) is 1.60. The first kappa shape index (κ1) is 15.5.